The molecule has 0 saturated carbocycles. The van der Waals surface area contributed by atoms with E-state index in [-0.39, 0.29) is 11.2 Å². The average Bonchev–Trinajstić information content (AvgIpc) is 2.51. The molecule has 2 rings (SSSR count). The van der Waals surface area contributed by atoms with Gasteiger partial charge < -0.3 is 10.1 Å². The van der Waals surface area contributed by atoms with Crippen molar-refractivity contribution in [1.29, 1.82) is 0 Å². The van der Waals surface area contributed by atoms with Gasteiger partial charge in [0.05, 0.1) is 13.2 Å². The number of halogens is 1. The van der Waals surface area contributed by atoms with E-state index in [9.17, 15) is 4.39 Å². The van der Waals surface area contributed by atoms with Gasteiger partial charge in [0.2, 0.25) is 0 Å². The average molecular weight is 320 g/mol. The van der Waals surface area contributed by atoms with Crippen LogP contribution in [-0.2, 0) is 4.74 Å². The van der Waals surface area contributed by atoms with E-state index in [1.54, 1.807) is 0 Å². The number of hydrogen-bond acceptors (Lipinski definition) is 3. The number of nitrogens with zero attached hydrogens (tertiary/aromatic N) is 1. The second-order valence-electron chi connectivity index (χ2n) is 7.33. The van der Waals surface area contributed by atoms with Crippen molar-refractivity contribution in [2.75, 3.05) is 32.8 Å². The van der Waals surface area contributed by atoms with Crippen molar-refractivity contribution in [3.8, 4) is 0 Å². The van der Waals surface area contributed by atoms with Gasteiger partial charge in [0.25, 0.3) is 0 Å². The summed E-state index contributed by atoms with van der Waals surface area (Å²) in [7, 11) is 0. The molecule has 1 aliphatic heterocycles. The zero-order chi connectivity index (χ0) is 16.9. The molecule has 1 fully saturated rings. The molecule has 1 saturated heterocycles. The maximum absolute atomic E-state index is 13.0. The van der Waals surface area contributed by atoms with Crippen molar-refractivity contribution < 1.29 is 9.13 Å². The zero-order valence-electron chi connectivity index (χ0n) is 14.7. The first-order valence-electron chi connectivity index (χ1n) is 8.35. The zero-order valence-corrected chi connectivity index (χ0v) is 14.7. The van der Waals surface area contributed by atoms with Gasteiger partial charge in [0.1, 0.15) is 5.82 Å². The van der Waals surface area contributed by atoms with Gasteiger partial charge in [-0.15, -0.1) is 0 Å². The first-order chi connectivity index (χ1) is 10.9. The van der Waals surface area contributed by atoms with Gasteiger partial charge in [-0.3, -0.25) is 4.90 Å². The number of ether oxygens (including phenoxy) is 1. The van der Waals surface area contributed by atoms with E-state index in [2.05, 4.69) is 44.1 Å². The lowest BCUT2D eigenvalue weighted by Gasteiger charge is -2.37. The van der Waals surface area contributed by atoms with Gasteiger partial charge in [-0.1, -0.05) is 32.9 Å². The number of benzene rings is 1. The lowest BCUT2D eigenvalue weighted by molar-refractivity contribution is 0.0275. The highest BCUT2D eigenvalue weighted by molar-refractivity contribution is 5.63. The van der Waals surface area contributed by atoms with E-state index < -0.39 is 0 Å². The topological polar surface area (TPSA) is 24.5 Å². The minimum absolute atomic E-state index is 0.151. The van der Waals surface area contributed by atoms with E-state index in [0.29, 0.717) is 6.04 Å². The first kappa shape index (κ1) is 18.0. The summed E-state index contributed by atoms with van der Waals surface area (Å²) < 4.78 is 18.5. The molecule has 0 aliphatic carbocycles. The third kappa shape index (κ3) is 5.63. The molecule has 1 aromatic rings. The van der Waals surface area contributed by atoms with Crippen LogP contribution in [0.2, 0.25) is 0 Å². The quantitative estimate of drug-likeness (QED) is 0.898. The third-order valence-electron chi connectivity index (χ3n) is 4.39. The monoisotopic (exact) mass is 320 g/mol. The highest BCUT2D eigenvalue weighted by Crippen LogP contribution is 2.22. The van der Waals surface area contributed by atoms with Gasteiger partial charge in [-0.2, -0.15) is 0 Å². The van der Waals surface area contributed by atoms with E-state index in [0.717, 1.165) is 44.0 Å². The van der Waals surface area contributed by atoms with Crippen molar-refractivity contribution in [1.82, 2.24) is 10.2 Å². The minimum Gasteiger partial charge on any atom is -0.386 e. The van der Waals surface area contributed by atoms with Crippen LogP contribution in [0.5, 0.6) is 0 Å². The molecular formula is C19H29FN2O. The largest absolute Gasteiger partial charge is 0.386 e. The van der Waals surface area contributed by atoms with Gasteiger partial charge >= 0.3 is 0 Å². The Labute approximate surface area is 139 Å². The Kier molecular flexibility index (Phi) is 6.19. The van der Waals surface area contributed by atoms with E-state index in [4.69, 9.17) is 4.74 Å². The van der Waals surface area contributed by atoms with Crippen LogP contribution >= 0.6 is 0 Å². The summed E-state index contributed by atoms with van der Waals surface area (Å²) in [5.74, 6) is -0.200. The Hall–Kier alpha value is -1.39. The maximum Gasteiger partial charge on any atom is 0.123 e. The van der Waals surface area contributed by atoms with E-state index >= 15 is 0 Å². The number of allylic oxidation sites excluding steroid dienone is 1. The fourth-order valence-electron chi connectivity index (χ4n) is 2.64. The second kappa shape index (κ2) is 7.93. The SMILES string of the molecule is C/C(=C\N[C@H](CN1CCOCC1)C(C)(C)C)c1ccc(F)cc1. The Balaban J connectivity index is 2.02. The molecule has 0 aromatic heterocycles. The maximum atomic E-state index is 13.0. The Bertz CT molecular complexity index is 513. The second-order valence-corrected chi connectivity index (χ2v) is 7.33. The molecule has 1 N–H and O–H groups in total. The molecule has 0 radical (unpaired) electrons. The van der Waals surface area contributed by atoms with Crippen molar-refractivity contribution >= 4 is 5.57 Å². The molecule has 1 atom stereocenters. The van der Waals surface area contributed by atoms with Crippen LogP contribution in [0.4, 0.5) is 4.39 Å². The highest BCUT2D eigenvalue weighted by Gasteiger charge is 2.26. The number of rotatable bonds is 5. The number of morpholine rings is 1. The molecule has 1 heterocycles. The first-order valence-corrected chi connectivity index (χ1v) is 8.35. The van der Waals surface area contributed by atoms with Crippen LogP contribution in [0, 0.1) is 11.2 Å². The summed E-state index contributed by atoms with van der Waals surface area (Å²) in [6.07, 6.45) is 2.06. The molecule has 0 spiro atoms. The normalized spacial score (nSPS) is 18.7. The van der Waals surface area contributed by atoms with Crippen LogP contribution in [-0.4, -0.2) is 43.8 Å². The molecule has 23 heavy (non-hydrogen) atoms. The predicted molar refractivity (Wildman–Crippen MR) is 93.7 cm³/mol. The fourth-order valence-corrected chi connectivity index (χ4v) is 2.64. The fraction of sp³-hybridized carbons (Fsp3) is 0.579. The van der Waals surface area contributed by atoms with Crippen LogP contribution in [0.1, 0.15) is 33.3 Å². The van der Waals surface area contributed by atoms with Crippen molar-refractivity contribution in [3.05, 3.63) is 41.8 Å². The summed E-state index contributed by atoms with van der Waals surface area (Å²) in [5, 5.41) is 3.58. The van der Waals surface area contributed by atoms with Gasteiger partial charge in [-0.25, -0.2) is 4.39 Å². The van der Waals surface area contributed by atoms with Crippen molar-refractivity contribution in [3.63, 3.8) is 0 Å². The molecular weight excluding hydrogens is 291 g/mol. The summed E-state index contributed by atoms with van der Waals surface area (Å²) in [5.41, 5.74) is 2.30. The highest BCUT2D eigenvalue weighted by atomic mass is 19.1. The van der Waals surface area contributed by atoms with E-state index in [1.807, 2.05) is 12.1 Å². The smallest absolute Gasteiger partial charge is 0.123 e. The van der Waals surface area contributed by atoms with Crippen LogP contribution in [0.15, 0.2) is 30.5 Å². The summed E-state index contributed by atoms with van der Waals surface area (Å²) >= 11 is 0. The standard InChI is InChI=1S/C19H29FN2O/c1-15(16-5-7-17(20)8-6-16)13-21-18(19(2,3)4)14-22-9-11-23-12-10-22/h5-8,13,18,21H,9-12,14H2,1-4H3/b15-13+/t18-/m1/s1. The Morgan fingerprint density at radius 3 is 2.43 bits per heavy atom. The number of nitrogens with one attached hydrogen (secondary N) is 1. The molecule has 128 valence electrons. The van der Waals surface area contributed by atoms with Gasteiger partial charge in [0.15, 0.2) is 0 Å². The molecule has 4 heteroatoms. The number of hydrogen-bond donors (Lipinski definition) is 1. The summed E-state index contributed by atoms with van der Waals surface area (Å²) in [4.78, 5) is 2.45. The van der Waals surface area contributed by atoms with Crippen LogP contribution < -0.4 is 5.32 Å². The molecule has 1 aromatic carbocycles. The van der Waals surface area contributed by atoms with Crippen molar-refractivity contribution in [2.24, 2.45) is 5.41 Å². The molecule has 0 unspecified atom stereocenters. The summed E-state index contributed by atoms with van der Waals surface area (Å²) in [6.45, 7) is 13.5. The lowest BCUT2D eigenvalue weighted by Crippen LogP contribution is -2.49. The molecule has 0 amide bonds. The molecule has 3 nitrogen and oxygen atoms in total. The molecule has 1 aliphatic rings. The minimum atomic E-state index is -0.200. The van der Waals surface area contributed by atoms with Crippen LogP contribution in [0.3, 0.4) is 0 Å². The Morgan fingerprint density at radius 1 is 1.26 bits per heavy atom. The third-order valence-corrected chi connectivity index (χ3v) is 4.39. The Morgan fingerprint density at radius 2 is 1.87 bits per heavy atom. The van der Waals surface area contributed by atoms with Gasteiger partial charge in [-0.05, 0) is 35.6 Å². The van der Waals surface area contributed by atoms with E-state index in [1.165, 1.54) is 12.1 Å². The van der Waals surface area contributed by atoms with Crippen LogP contribution in [0.25, 0.3) is 5.57 Å². The van der Waals surface area contributed by atoms with Crippen molar-refractivity contribution in [2.45, 2.75) is 33.7 Å². The predicted octanol–water partition coefficient (Wildman–Crippen LogP) is 3.52. The van der Waals surface area contributed by atoms with Gasteiger partial charge in [0, 0.05) is 31.9 Å². The molecule has 0 bridgehead atoms. The summed E-state index contributed by atoms with van der Waals surface area (Å²) in [6, 6.07) is 6.98. The lowest BCUT2D eigenvalue weighted by atomic mass is 9.86.